The highest BCUT2D eigenvalue weighted by atomic mass is 35.5. The Morgan fingerprint density at radius 1 is 1.10 bits per heavy atom. The van der Waals surface area contributed by atoms with E-state index in [1.807, 2.05) is 40.6 Å². The van der Waals surface area contributed by atoms with Gasteiger partial charge < -0.3 is 15.5 Å². The summed E-state index contributed by atoms with van der Waals surface area (Å²) in [6.07, 6.45) is 2.11. The predicted molar refractivity (Wildman–Crippen MR) is 124 cm³/mol. The Kier molecular flexibility index (Phi) is 8.48. The van der Waals surface area contributed by atoms with E-state index < -0.39 is 6.04 Å². The smallest absolute Gasteiger partial charge is 0.239 e. The molecule has 0 spiro atoms. The van der Waals surface area contributed by atoms with Crippen LogP contribution in [0.5, 0.6) is 0 Å². The van der Waals surface area contributed by atoms with E-state index >= 15 is 0 Å². The van der Waals surface area contributed by atoms with Gasteiger partial charge in [-0.05, 0) is 35.6 Å². The minimum atomic E-state index is -0.541. The number of piperazine rings is 1. The van der Waals surface area contributed by atoms with Gasteiger partial charge in [0.25, 0.3) is 0 Å². The second-order valence-corrected chi connectivity index (χ2v) is 7.93. The molecule has 0 radical (unpaired) electrons. The SMILES string of the molecule is Cl.Cl.NC(Cc1ccc(Cl)cc1)C(=O)N1CCN(c2ncnc3ccsc23)CC1. The summed E-state index contributed by atoms with van der Waals surface area (Å²) in [6.45, 7) is 2.76. The molecule has 1 atom stereocenters. The number of nitrogens with two attached hydrogens (primary N) is 1. The van der Waals surface area contributed by atoms with Crippen molar-refractivity contribution in [3.8, 4) is 0 Å². The summed E-state index contributed by atoms with van der Waals surface area (Å²) in [7, 11) is 0. The summed E-state index contributed by atoms with van der Waals surface area (Å²) < 4.78 is 1.09. The summed E-state index contributed by atoms with van der Waals surface area (Å²) in [5.41, 5.74) is 8.15. The van der Waals surface area contributed by atoms with Gasteiger partial charge in [0, 0.05) is 31.2 Å². The molecule has 1 aliphatic heterocycles. The third-order valence-corrected chi connectivity index (χ3v) is 5.95. The van der Waals surface area contributed by atoms with Crippen LogP contribution in [0.15, 0.2) is 42.0 Å². The molecular weight excluding hydrogens is 453 g/mol. The molecule has 3 aromatic rings. The maximum absolute atomic E-state index is 12.7. The molecule has 29 heavy (non-hydrogen) atoms. The molecule has 1 fully saturated rings. The molecule has 156 valence electrons. The summed E-state index contributed by atoms with van der Waals surface area (Å²) in [6, 6.07) is 8.92. The Labute approximate surface area is 190 Å². The van der Waals surface area contributed by atoms with E-state index in [9.17, 15) is 4.79 Å². The van der Waals surface area contributed by atoms with Crippen LogP contribution in [0.4, 0.5) is 5.82 Å². The Morgan fingerprint density at radius 3 is 2.48 bits per heavy atom. The average Bonchev–Trinajstić information content (AvgIpc) is 3.18. The first-order valence-electron chi connectivity index (χ1n) is 8.84. The minimum absolute atomic E-state index is 0. The van der Waals surface area contributed by atoms with Gasteiger partial charge in [0.15, 0.2) is 0 Å². The Morgan fingerprint density at radius 2 is 1.79 bits per heavy atom. The van der Waals surface area contributed by atoms with E-state index in [1.54, 1.807) is 17.7 Å². The van der Waals surface area contributed by atoms with E-state index in [-0.39, 0.29) is 30.7 Å². The fourth-order valence-electron chi connectivity index (χ4n) is 3.34. The summed E-state index contributed by atoms with van der Waals surface area (Å²) in [4.78, 5) is 25.5. The van der Waals surface area contributed by atoms with Crippen LogP contribution in [0.2, 0.25) is 5.02 Å². The molecule has 0 saturated carbocycles. The van der Waals surface area contributed by atoms with Crippen molar-refractivity contribution in [2.45, 2.75) is 12.5 Å². The standard InChI is InChI=1S/C19H20ClN5OS.2ClH/c20-14-3-1-13(2-4-14)11-15(21)19(26)25-8-6-24(7-9-25)18-17-16(5-10-27-17)22-12-23-18;;/h1-5,10,12,15H,6-9,11,21H2;2*1H. The van der Waals surface area contributed by atoms with Gasteiger partial charge >= 0.3 is 0 Å². The normalized spacial score (nSPS) is 14.8. The summed E-state index contributed by atoms with van der Waals surface area (Å²) in [5, 5.41) is 2.71. The molecule has 1 aliphatic rings. The van der Waals surface area contributed by atoms with Crippen LogP contribution in [0.25, 0.3) is 10.2 Å². The van der Waals surface area contributed by atoms with Crippen molar-refractivity contribution < 1.29 is 4.79 Å². The quantitative estimate of drug-likeness (QED) is 0.627. The lowest BCUT2D eigenvalue weighted by Gasteiger charge is -2.36. The average molecular weight is 475 g/mol. The van der Waals surface area contributed by atoms with Crippen molar-refractivity contribution in [3.05, 3.63) is 52.6 Å². The van der Waals surface area contributed by atoms with Crippen molar-refractivity contribution in [1.29, 1.82) is 0 Å². The zero-order valence-electron chi connectivity index (χ0n) is 15.5. The number of aromatic nitrogens is 2. The molecule has 4 rings (SSSR count). The van der Waals surface area contributed by atoms with Gasteiger partial charge in [-0.1, -0.05) is 23.7 Å². The first kappa shape index (κ1) is 23.6. The maximum Gasteiger partial charge on any atom is 0.239 e. The second kappa shape index (κ2) is 10.4. The highest BCUT2D eigenvalue weighted by Crippen LogP contribution is 2.28. The molecular formula is C19H22Cl3N5OS. The van der Waals surface area contributed by atoms with Crippen LogP contribution in [-0.2, 0) is 11.2 Å². The number of thiophene rings is 1. The van der Waals surface area contributed by atoms with Crippen LogP contribution in [0.3, 0.4) is 0 Å². The number of carbonyl (C=O) groups is 1. The van der Waals surface area contributed by atoms with Gasteiger partial charge in [-0.25, -0.2) is 9.97 Å². The number of amides is 1. The van der Waals surface area contributed by atoms with Gasteiger partial charge in [0.2, 0.25) is 5.91 Å². The van der Waals surface area contributed by atoms with E-state index in [0.29, 0.717) is 24.5 Å². The van der Waals surface area contributed by atoms with E-state index in [2.05, 4.69) is 14.9 Å². The van der Waals surface area contributed by atoms with Crippen molar-refractivity contribution >= 4 is 69.7 Å². The van der Waals surface area contributed by atoms with Crippen LogP contribution < -0.4 is 10.6 Å². The predicted octanol–water partition coefficient (Wildman–Crippen LogP) is 3.41. The number of carbonyl (C=O) groups excluding carboxylic acids is 1. The fourth-order valence-corrected chi connectivity index (χ4v) is 4.32. The molecule has 6 nitrogen and oxygen atoms in total. The molecule has 0 aliphatic carbocycles. The molecule has 3 heterocycles. The van der Waals surface area contributed by atoms with Gasteiger partial charge in [-0.3, -0.25) is 4.79 Å². The zero-order chi connectivity index (χ0) is 18.8. The molecule has 1 aromatic carbocycles. The topological polar surface area (TPSA) is 75.4 Å². The number of hydrogen-bond acceptors (Lipinski definition) is 6. The number of nitrogens with zero attached hydrogens (tertiary/aromatic N) is 4. The van der Waals surface area contributed by atoms with Gasteiger partial charge in [0.05, 0.1) is 16.3 Å². The number of rotatable bonds is 4. The van der Waals surface area contributed by atoms with Crippen LogP contribution in [0, 0.1) is 0 Å². The molecule has 10 heteroatoms. The molecule has 1 amide bonds. The fraction of sp³-hybridized carbons (Fsp3) is 0.316. The first-order valence-corrected chi connectivity index (χ1v) is 10.1. The monoisotopic (exact) mass is 473 g/mol. The lowest BCUT2D eigenvalue weighted by molar-refractivity contribution is -0.132. The zero-order valence-corrected chi connectivity index (χ0v) is 18.7. The number of benzene rings is 1. The van der Waals surface area contributed by atoms with Gasteiger partial charge in [0.1, 0.15) is 12.1 Å². The van der Waals surface area contributed by atoms with Gasteiger partial charge in [-0.2, -0.15) is 0 Å². The lowest BCUT2D eigenvalue weighted by Crippen LogP contribution is -2.53. The minimum Gasteiger partial charge on any atom is -0.352 e. The molecule has 1 saturated heterocycles. The summed E-state index contributed by atoms with van der Waals surface area (Å²) >= 11 is 7.55. The largest absolute Gasteiger partial charge is 0.352 e. The third kappa shape index (κ3) is 5.29. The van der Waals surface area contributed by atoms with E-state index in [4.69, 9.17) is 17.3 Å². The Hall–Kier alpha value is -1.64. The summed E-state index contributed by atoms with van der Waals surface area (Å²) in [5.74, 6) is 0.945. The van der Waals surface area contributed by atoms with Crippen LogP contribution >= 0.6 is 47.8 Å². The van der Waals surface area contributed by atoms with Crippen LogP contribution in [0.1, 0.15) is 5.56 Å². The van der Waals surface area contributed by atoms with E-state index in [1.165, 1.54) is 0 Å². The lowest BCUT2D eigenvalue weighted by atomic mass is 10.1. The van der Waals surface area contributed by atoms with Crippen molar-refractivity contribution in [2.24, 2.45) is 5.73 Å². The van der Waals surface area contributed by atoms with Gasteiger partial charge in [-0.15, -0.1) is 36.2 Å². The number of fused-ring (bicyclic) bond motifs is 1. The highest BCUT2D eigenvalue weighted by Gasteiger charge is 2.26. The molecule has 2 aromatic heterocycles. The Balaban J connectivity index is 0.00000150. The number of hydrogen-bond donors (Lipinski definition) is 1. The highest BCUT2D eigenvalue weighted by molar-refractivity contribution is 7.17. The van der Waals surface area contributed by atoms with Crippen LogP contribution in [-0.4, -0.2) is 53.0 Å². The molecule has 1 unspecified atom stereocenters. The van der Waals surface area contributed by atoms with Crippen molar-refractivity contribution in [2.75, 3.05) is 31.1 Å². The molecule has 0 bridgehead atoms. The van der Waals surface area contributed by atoms with E-state index in [0.717, 1.165) is 34.7 Å². The molecule has 2 N–H and O–H groups in total. The number of anilines is 1. The van der Waals surface area contributed by atoms with Crippen molar-refractivity contribution in [3.63, 3.8) is 0 Å². The number of halogens is 3. The first-order chi connectivity index (χ1) is 13.1. The van der Waals surface area contributed by atoms with Crippen molar-refractivity contribution in [1.82, 2.24) is 14.9 Å². The maximum atomic E-state index is 12.7. The Bertz CT molecular complexity index is 944. The third-order valence-electron chi connectivity index (χ3n) is 4.80. The second-order valence-electron chi connectivity index (χ2n) is 6.58.